The van der Waals surface area contributed by atoms with Crippen LogP contribution in [0.5, 0.6) is 0 Å². The van der Waals surface area contributed by atoms with Crippen molar-refractivity contribution in [1.82, 2.24) is 0 Å². The highest BCUT2D eigenvalue weighted by atomic mass is 16.3. The second-order valence-electron chi connectivity index (χ2n) is 4.99. The Morgan fingerprint density at radius 1 is 1.25 bits per heavy atom. The number of nitriles is 1. The lowest BCUT2D eigenvalue weighted by Gasteiger charge is -2.31. The molecule has 20 heavy (non-hydrogen) atoms. The highest BCUT2D eigenvalue weighted by molar-refractivity contribution is 5.59. The third-order valence-corrected chi connectivity index (χ3v) is 3.37. The molecule has 0 bridgehead atoms. The average molecular weight is 269 g/mol. The first-order valence-corrected chi connectivity index (χ1v) is 6.58. The Hall–Kier alpha value is -2.25. The van der Waals surface area contributed by atoms with Gasteiger partial charge in [0.2, 0.25) is 0 Å². The van der Waals surface area contributed by atoms with E-state index in [0.29, 0.717) is 5.56 Å². The van der Waals surface area contributed by atoms with Crippen molar-refractivity contribution in [2.45, 2.75) is 25.9 Å². The predicted molar refractivity (Wildman–Crippen MR) is 79.4 cm³/mol. The van der Waals surface area contributed by atoms with Gasteiger partial charge in [0, 0.05) is 13.1 Å². The molecule has 0 radical (unpaired) electrons. The van der Waals surface area contributed by atoms with Crippen molar-refractivity contribution in [3.05, 3.63) is 53.5 Å². The van der Waals surface area contributed by atoms with Gasteiger partial charge in [0.15, 0.2) is 0 Å². The fraction of sp³-hybridized carbons (Fsp3) is 0.312. The molecule has 2 N–H and O–H groups in total. The Balaban J connectivity index is 2.42. The van der Waals surface area contributed by atoms with Crippen molar-refractivity contribution in [1.29, 1.82) is 5.26 Å². The normalized spacial score (nSPS) is 13.6. The van der Waals surface area contributed by atoms with Gasteiger partial charge < -0.3 is 15.1 Å². The van der Waals surface area contributed by atoms with Crippen LogP contribution in [0, 0.1) is 18.3 Å². The van der Waals surface area contributed by atoms with E-state index >= 15 is 0 Å². The maximum absolute atomic E-state index is 9.23. The summed E-state index contributed by atoms with van der Waals surface area (Å²) in [4.78, 5) is 2.00. The van der Waals surface area contributed by atoms with Crippen LogP contribution < -0.4 is 10.6 Å². The van der Waals surface area contributed by atoms with E-state index in [1.54, 1.807) is 6.07 Å². The summed E-state index contributed by atoms with van der Waals surface area (Å²) in [6, 6.07) is 13.3. The van der Waals surface area contributed by atoms with Gasteiger partial charge in [-0.2, -0.15) is 5.26 Å². The molecule has 4 heteroatoms. The van der Waals surface area contributed by atoms with Crippen LogP contribution in [0.25, 0.3) is 0 Å². The number of aryl methyl sites for hydroxylation is 1. The zero-order chi connectivity index (χ0) is 14.7. The van der Waals surface area contributed by atoms with E-state index < -0.39 is 0 Å². The predicted octanol–water partition coefficient (Wildman–Crippen LogP) is 2.98. The Morgan fingerprint density at radius 2 is 1.95 bits per heavy atom. The van der Waals surface area contributed by atoms with Crippen LogP contribution in [-0.2, 0) is 0 Å². The molecule has 4 nitrogen and oxygen atoms in total. The number of benzene rings is 1. The van der Waals surface area contributed by atoms with E-state index in [-0.39, 0.29) is 12.1 Å². The lowest BCUT2D eigenvalue weighted by molar-refractivity contribution is 0.410. The van der Waals surface area contributed by atoms with Crippen molar-refractivity contribution in [2.75, 3.05) is 11.9 Å². The number of likely N-dealkylation sites (N-methyl/N-ethyl adjacent to an activating group) is 1. The molecule has 1 aromatic heterocycles. The highest BCUT2D eigenvalue weighted by Crippen LogP contribution is 2.30. The van der Waals surface area contributed by atoms with Gasteiger partial charge in [-0.3, -0.25) is 0 Å². The zero-order valence-corrected chi connectivity index (χ0v) is 12.0. The monoisotopic (exact) mass is 269 g/mol. The summed E-state index contributed by atoms with van der Waals surface area (Å²) >= 11 is 0. The molecule has 2 unspecified atom stereocenters. The Kier molecular flexibility index (Phi) is 4.11. The summed E-state index contributed by atoms with van der Waals surface area (Å²) in [5, 5.41) is 9.23. The molecule has 104 valence electrons. The van der Waals surface area contributed by atoms with Gasteiger partial charge in [-0.1, -0.05) is 12.1 Å². The van der Waals surface area contributed by atoms with Crippen LogP contribution in [-0.4, -0.2) is 13.1 Å². The van der Waals surface area contributed by atoms with Crippen LogP contribution in [0.15, 0.2) is 40.8 Å². The lowest BCUT2D eigenvalue weighted by atomic mass is 10.0. The van der Waals surface area contributed by atoms with Crippen LogP contribution in [0.3, 0.4) is 0 Å². The van der Waals surface area contributed by atoms with Gasteiger partial charge >= 0.3 is 0 Å². The number of hydrogen-bond acceptors (Lipinski definition) is 4. The Morgan fingerprint density at radius 3 is 2.50 bits per heavy atom. The van der Waals surface area contributed by atoms with Gasteiger partial charge in [-0.25, -0.2) is 0 Å². The minimum atomic E-state index is -0.128. The number of hydrogen-bond donors (Lipinski definition) is 1. The molecule has 1 aromatic carbocycles. The van der Waals surface area contributed by atoms with E-state index in [1.807, 2.05) is 56.1 Å². The van der Waals surface area contributed by atoms with Crippen molar-refractivity contribution in [3.8, 4) is 6.07 Å². The third-order valence-electron chi connectivity index (χ3n) is 3.37. The molecule has 0 aliphatic carbocycles. The van der Waals surface area contributed by atoms with Gasteiger partial charge in [-0.15, -0.1) is 0 Å². The minimum Gasteiger partial charge on any atom is -0.464 e. The number of anilines is 1. The van der Waals surface area contributed by atoms with Crippen molar-refractivity contribution < 1.29 is 4.42 Å². The molecular formula is C16H19N3O. The molecule has 0 spiro atoms. The van der Waals surface area contributed by atoms with Crippen LogP contribution in [0.2, 0.25) is 0 Å². The summed E-state index contributed by atoms with van der Waals surface area (Å²) in [5.41, 5.74) is 7.60. The van der Waals surface area contributed by atoms with Crippen molar-refractivity contribution >= 4 is 5.69 Å². The molecule has 0 fully saturated rings. The summed E-state index contributed by atoms with van der Waals surface area (Å²) in [7, 11) is 1.93. The minimum absolute atomic E-state index is 0.113. The first kappa shape index (κ1) is 14.2. The van der Waals surface area contributed by atoms with Crippen molar-refractivity contribution in [2.24, 2.45) is 5.73 Å². The molecule has 0 aliphatic heterocycles. The molecule has 0 saturated carbocycles. The maximum Gasteiger partial charge on any atom is 0.128 e. The second kappa shape index (κ2) is 5.81. The maximum atomic E-state index is 9.23. The fourth-order valence-electron chi connectivity index (χ4n) is 2.44. The number of nitrogens with zero attached hydrogens (tertiary/aromatic N) is 2. The molecule has 0 saturated heterocycles. The first-order valence-electron chi connectivity index (χ1n) is 6.58. The van der Waals surface area contributed by atoms with Gasteiger partial charge in [-0.05, 0) is 38.1 Å². The Labute approximate surface area is 119 Å². The fourth-order valence-corrected chi connectivity index (χ4v) is 2.44. The average Bonchev–Trinajstić information content (AvgIpc) is 2.84. The number of nitrogens with two attached hydrogens (primary N) is 1. The van der Waals surface area contributed by atoms with E-state index in [0.717, 1.165) is 17.2 Å². The van der Waals surface area contributed by atoms with E-state index in [1.165, 1.54) is 0 Å². The van der Waals surface area contributed by atoms with Gasteiger partial charge in [0.25, 0.3) is 0 Å². The smallest absolute Gasteiger partial charge is 0.128 e. The Bertz CT molecular complexity index is 625. The molecule has 2 aromatic rings. The topological polar surface area (TPSA) is 66.2 Å². The number of furan rings is 1. The molecular weight excluding hydrogens is 250 g/mol. The SMILES string of the molecule is Cc1ccc(C(C(C)N)N(C)c2ccccc2C#N)o1. The molecule has 0 aliphatic rings. The second-order valence-corrected chi connectivity index (χ2v) is 4.99. The molecule has 0 amide bonds. The quantitative estimate of drug-likeness (QED) is 0.926. The summed E-state index contributed by atoms with van der Waals surface area (Å²) in [5.74, 6) is 1.67. The molecule has 2 rings (SSSR count). The van der Waals surface area contributed by atoms with Crippen LogP contribution in [0.1, 0.15) is 30.0 Å². The summed E-state index contributed by atoms with van der Waals surface area (Å²) < 4.78 is 5.72. The largest absolute Gasteiger partial charge is 0.464 e. The van der Waals surface area contributed by atoms with E-state index in [9.17, 15) is 5.26 Å². The van der Waals surface area contributed by atoms with Crippen LogP contribution >= 0.6 is 0 Å². The standard InChI is InChI=1S/C16H19N3O/c1-11-8-9-15(20-11)16(12(2)18)19(3)14-7-5-4-6-13(14)10-17/h4-9,12,16H,18H2,1-3H3. The lowest BCUT2D eigenvalue weighted by Crippen LogP contribution is -2.37. The number of rotatable bonds is 4. The summed E-state index contributed by atoms with van der Waals surface area (Å²) in [6.45, 7) is 3.85. The molecule has 1 heterocycles. The summed E-state index contributed by atoms with van der Waals surface area (Å²) in [6.07, 6.45) is 0. The molecule has 2 atom stereocenters. The first-order chi connectivity index (χ1) is 9.54. The zero-order valence-electron chi connectivity index (χ0n) is 12.0. The number of para-hydroxylation sites is 1. The van der Waals surface area contributed by atoms with Crippen molar-refractivity contribution in [3.63, 3.8) is 0 Å². The van der Waals surface area contributed by atoms with E-state index in [2.05, 4.69) is 6.07 Å². The van der Waals surface area contributed by atoms with Gasteiger partial charge in [0.1, 0.15) is 23.6 Å². The third kappa shape index (κ3) is 2.68. The highest BCUT2D eigenvalue weighted by Gasteiger charge is 2.25. The van der Waals surface area contributed by atoms with Crippen LogP contribution in [0.4, 0.5) is 5.69 Å². The van der Waals surface area contributed by atoms with E-state index in [4.69, 9.17) is 10.2 Å². The van der Waals surface area contributed by atoms with Gasteiger partial charge in [0.05, 0.1) is 11.3 Å².